The molecule has 0 bridgehead atoms. The second kappa shape index (κ2) is 7.23. The maximum Gasteiger partial charge on any atom is 0.0991 e. The molecule has 0 aromatic heterocycles. The van der Waals surface area contributed by atoms with Gasteiger partial charge in [0.05, 0.1) is 11.6 Å². The van der Waals surface area contributed by atoms with E-state index in [1.807, 2.05) is 18.2 Å². The van der Waals surface area contributed by atoms with Crippen LogP contribution in [0.15, 0.2) is 53.0 Å². The highest BCUT2D eigenvalue weighted by Crippen LogP contribution is 2.12. The first-order valence-electron chi connectivity index (χ1n) is 6.59. The lowest BCUT2D eigenvalue weighted by molar-refractivity contribution is 0.331. The van der Waals surface area contributed by atoms with Crippen LogP contribution in [0, 0.1) is 11.3 Å². The van der Waals surface area contributed by atoms with Gasteiger partial charge < -0.3 is 4.90 Å². The van der Waals surface area contributed by atoms with Crippen LogP contribution >= 0.6 is 15.9 Å². The molecule has 102 valence electrons. The molecule has 0 saturated heterocycles. The van der Waals surface area contributed by atoms with Crippen molar-refractivity contribution in [3.8, 4) is 6.07 Å². The molecule has 0 spiro atoms. The highest BCUT2D eigenvalue weighted by Gasteiger charge is 2.02. The molecule has 0 aliphatic carbocycles. The molecule has 2 nitrogen and oxygen atoms in total. The Morgan fingerprint density at radius 2 is 1.85 bits per heavy atom. The van der Waals surface area contributed by atoms with Gasteiger partial charge >= 0.3 is 0 Å². The van der Waals surface area contributed by atoms with Gasteiger partial charge in [0.25, 0.3) is 0 Å². The van der Waals surface area contributed by atoms with Gasteiger partial charge in [0, 0.05) is 17.6 Å². The summed E-state index contributed by atoms with van der Waals surface area (Å²) in [5.41, 5.74) is 3.25. The largest absolute Gasteiger partial charge is 0.302 e. The molecule has 0 heterocycles. The van der Waals surface area contributed by atoms with E-state index in [1.54, 1.807) is 0 Å². The van der Waals surface area contributed by atoms with Crippen LogP contribution in [0.4, 0.5) is 0 Å². The van der Waals surface area contributed by atoms with Crippen molar-refractivity contribution in [3.05, 3.63) is 69.7 Å². The van der Waals surface area contributed by atoms with Gasteiger partial charge in [0.1, 0.15) is 0 Å². The molecule has 0 aliphatic rings. The molecule has 3 heteroatoms. The molecule has 2 aromatic rings. The molecule has 0 amide bonds. The van der Waals surface area contributed by atoms with E-state index in [0.29, 0.717) is 0 Å². The maximum absolute atomic E-state index is 8.90. The fourth-order valence-corrected chi connectivity index (χ4v) is 2.37. The molecule has 0 saturated carbocycles. The van der Waals surface area contributed by atoms with Crippen molar-refractivity contribution in [3.63, 3.8) is 0 Å². The highest BCUT2D eigenvalue weighted by atomic mass is 79.9. The quantitative estimate of drug-likeness (QED) is 0.829. The second-order valence-corrected chi connectivity index (χ2v) is 5.84. The van der Waals surface area contributed by atoms with Crippen molar-refractivity contribution >= 4 is 15.9 Å². The average molecular weight is 329 g/mol. The standard InChI is InChI=1S/C17H17BrN2/c1-20(10-9-14-5-7-17(18)8-6-14)13-16-4-2-3-15(11-16)12-19/h2-8,11H,9-10,13H2,1H3. The van der Waals surface area contributed by atoms with Crippen LogP contribution in [0.3, 0.4) is 0 Å². The number of nitrogens with zero attached hydrogens (tertiary/aromatic N) is 2. The zero-order chi connectivity index (χ0) is 14.4. The summed E-state index contributed by atoms with van der Waals surface area (Å²) in [5.74, 6) is 0. The van der Waals surface area contributed by atoms with Crippen molar-refractivity contribution in [2.24, 2.45) is 0 Å². The fourth-order valence-electron chi connectivity index (χ4n) is 2.10. The van der Waals surface area contributed by atoms with Gasteiger partial charge in [-0.3, -0.25) is 0 Å². The Bertz CT molecular complexity index is 599. The Balaban J connectivity index is 1.87. The van der Waals surface area contributed by atoms with Crippen LogP contribution in [0.2, 0.25) is 0 Å². The molecule has 0 radical (unpaired) electrons. The van der Waals surface area contributed by atoms with Gasteiger partial charge in [-0.05, 0) is 48.9 Å². The summed E-state index contributed by atoms with van der Waals surface area (Å²) in [6.07, 6.45) is 1.03. The number of rotatable bonds is 5. The molecule has 0 N–H and O–H groups in total. The van der Waals surface area contributed by atoms with Crippen LogP contribution in [0.5, 0.6) is 0 Å². The Hall–Kier alpha value is -1.63. The molecule has 20 heavy (non-hydrogen) atoms. The first-order chi connectivity index (χ1) is 9.67. The van der Waals surface area contributed by atoms with Crippen LogP contribution in [-0.4, -0.2) is 18.5 Å². The normalized spacial score (nSPS) is 10.5. The van der Waals surface area contributed by atoms with Crippen LogP contribution in [0.25, 0.3) is 0 Å². The van der Waals surface area contributed by atoms with Gasteiger partial charge in [-0.2, -0.15) is 5.26 Å². The number of nitriles is 1. The highest BCUT2D eigenvalue weighted by molar-refractivity contribution is 9.10. The Morgan fingerprint density at radius 1 is 1.10 bits per heavy atom. The predicted molar refractivity (Wildman–Crippen MR) is 85.3 cm³/mol. The van der Waals surface area contributed by atoms with Gasteiger partial charge in [-0.15, -0.1) is 0 Å². The molecular weight excluding hydrogens is 312 g/mol. The van der Waals surface area contributed by atoms with Crippen molar-refractivity contribution in [2.45, 2.75) is 13.0 Å². The average Bonchev–Trinajstić information content (AvgIpc) is 2.47. The van der Waals surface area contributed by atoms with Crippen molar-refractivity contribution < 1.29 is 0 Å². The minimum atomic E-state index is 0.726. The number of hydrogen-bond acceptors (Lipinski definition) is 2. The monoisotopic (exact) mass is 328 g/mol. The first kappa shape index (κ1) is 14.8. The SMILES string of the molecule is CN(CCc1ccc(Br)cc1)Cc1cccc(C#N)c1. The van der Waals surface area contributed by atoms with E-state index >= 15 is 0 Å². The summed E-state index contributed by atoms with van der Waals surface area (Å²) in [4.78, 5) is 2.28. The summed E-state index contributed by atoms with van der Waals surface area (Å²) in [6.45, 7) is 1.87. The summed E-state index contributed by atoms with van der Waals surface area (Å²) < 4.78 is 1.11. The lowest BCUT2D eigenvalue weighted by Crippen LogP contribution is -2.20. The molecule has 0 unspecified atom stereocenters. The first-order valence-corrected chi connectivity index (χ1v) is 7.39. The van der Waals surface area contributed by atoms with Gasteiger partial charge in [0.15, 0.2) is 0 Å². The number of benzene rings is 2. The maximum atomic E-state index is 8.90. The van der Waals surface area contributed by atoms with E-state index in [2.05, 4.69) is 64.3 Å². The van der Waals surface area contributed by atoms with E-state index in [-0.39, 0.29) is 0 Å². The molecule has 0 atom stereocenters. The van der Waals surface area contributed by atoms with Gasteiger partial charge in [-0.1, -0.05) is 40.2 Å². The third-order valence-corrected chi connectivity index (χ3v) is 3.73. The van der Waals surface area contributed by atoms with E-state index in [1.165, 1.54) is 11.1 Å². The second-order valence-electron chi connectivity index (χ2n) is 4.93. The third kappa shape index (κ3) is 4.48. The zero-order valence-corrected chi connectivity index (χ0v) is 13.1. The summed E-state index contributed by atoms with van der Waals surface area (Å²) in [5, 5.41) is 8.90. The Labute approximate surface area is 128 Å². The van der Waals surface area contributed by atoms with Crippen molar-refractivity contribution in [2.75, 3.05) is 13.6 Å². The zero-order valence-electron chi connectivity index (χ0n) is 11.5. The summed E-state index contributed by atoms with van der Waals surface area (Å²) in [7, 11) is 2.11. The smallest absolute Gasteiger partial charge is 0.0991 e. The number of halogens is 1. The fraction of sp³-hybridized carbons (Fsp3) is 0.235. The predicted octanol–water partition coefficient (Wildman–Crippen LogP) is 4.00. The minimum Gasteiger partial charge on any atom is -0.302 e. The van der Waals surface area contributed by atoms with Crippen molar-refractivity contribution in [1.29, 1.82) is 5.26 Å². The van der Waals surface area contributed by atoms with Gasteiger partial charge in [0.2, 0.25) is 0 Å². The van der Waals surface area contributed by atoms with Crippen molar-refractivity contribution in [1.82, 2.24) is 4.90 Å². The van der Waals surface area contributed by atoms with E-state index in [9.17, 15) is 0 Å². The Kier molecular flexibility index (Phi) is 5.34. The minimum absolute atomic E-state index is 0.726. The van der Waals surface area contributed by atoms with Crippen LogP contribution < -0.4 is 0 Å². The van der Waals surface area contributed by atoms with E-state index < -0.39 is 0 Å². The summed E-state index contributed by atoms with van der Waals surface area (Å²) in [6, 6.07) is 18.4. The third-order valence-electron chi connectivity index (χ3n) is 3.20. The van der Waals surface area contributed by atoms with Gasteiger partial charge in [-0.25, -0.2) is 0 Å². The molecular formula is C17H17BrN2. The van der Waals surface area contributed by atoms with Crippen LogP contribution in [0.1, 0.15) is 16.7 Å². The Morgan fingerprint density at radius 3 is 2.55 bits per heavy atom. The van der Waals surface area contributed by atoms with Crippen LogP contribution in [-0.2, 0) is 13.0 Å². The molecule has 0 aliphatic heterocycles. The topological polar surface area (TPSA) is 27.0 Å². The lowest BCUT2D eigenvalue weighted by Gasteiger charge is -2.16. The van der Waals surface area contributed by atoms with E-state index in [4.69, 9.17) is 5.26 Å². The molecule has 2 aromatic carbocycles. The molecule has 0 fully saturated rings. The number of likely N-dealkylation sites (N-methyl/N-ethyl adjacent to an activating group) is 1. The molecule has 2 rings (SSSR count). The lowest BCUT2D eigenvalue weighted by atomic mass is 10.1. The number of hydrogen-bond donors (Lipinski definition) is 0. The summed E-state index contributed by atoms with van der Waals surface area (Å²) >= 11 is 3.45. The van der Waals surface area contributed by atoms with E-state index in [0.717, 1.165) is 29.5 Å².